The van der Waals surface area contributed by atoms with Crippen molar-refractivity contribution in [1.29, 1.82) is 0 Å². The molecule has 0 aliphatic carbocycles. The number of phenolic OH excluding ortho intramolecular Hbond substituents is 1. The van der Waals surface area contributed by atoms with Crippen molar-refractivity contribution in [3.05, 3.63) is 73.3 Å². The van der Waals surface area contributed by atoms with Crippen LogP contribution >= 0.6 is 11.3 Å². The fourth-order valence-corrected chi connectivity index (χ4v) is 5.48. The number of carbonyl (C=O) groups is 1. The van der Waals surface area contributed by atoms with Crippen LogP contribution in [-0.4, -0.2) is 35.6 Å². The quantitative estimate of drug-likeness (QED) is 0.606. The molecule has 0 unspecified atom stereocenters. The van der Waals surface area contributed by atoms with Gasteiger partial charge in [-0.05, 0) is 25.1 Å². The molecule has 2 aromatic carbocycles. The van der Waals surface area contributed by atoms with Crippen LogP contribution in [0.1, 0.15) is 24.1 Å². The number of carbonyl (C=O) groups excluding carboxylic acids is 1. The van der Waals surface area contributed by atoms with Crippen LogP contribution < -0.4 is 24.4 Å². The Morgan fingerprint density at radius 1 is 1.25 bits per heavy atom. The van der Waals surface area contributed by atoms with Crippen molar-refractivity contribution in [1.82, 2.24) is 4.57 Å². The van der Waals surface area contributed by atoms with Crippen LogP contribution in [0.25, 0.3) is 6.08 Å². The highest BCUT2D eigenvalue weighted by Crippen LogP contribution is 2.47. The summed E-state index contributed by atoms with van der Waals surface area (Å²) in [7, 11) is 2.77. The molecular formula is C23H20N2O6S. The average Bonchev–Trinajstić information content (AvgIpc) is 3.07. The second kappa shape index (κ2) is 7.23. The van der Waals surface area contributed by atoms with E-state index in [4.69, 9.17) is 14.2 Å². The Bertz CT molecular complexity index is 1420. The number of benzene rings is 2. The molecule has 164 valence electrons. The molecule has 5 rings (SSSR count). The topological polar surface area (TPSA) is 99.4 Å². The van der Waals surface area contributed by atoms with E-state index in [0.717, 1.165) is 0 Å². The van der Waals surface area contributed by atoms with Gasteiger partial charge >= 0.3 is 5.97 Å². The Balaban J connectivity index is 1.79. The first-order valence-electron chi connectivity index (χ1n) is 9.92. The first kappa shape index (κ1) is 20.3. The van der Waals surface area contributed by atoms with Gasteiger partial charge in [0, 0.05) is 11.1 Å². The molecule has 1 aromatic heterocycles. The Morgan fingerprint density at radius 2 is 2.03 bits per heavy atom. The van der Waals surface area contributed by atoms with Gasteiger partial charge in [0.25, 0.3) is 5.56 Å². The molecule has 9 heteroatoms. The van der Waals surface area contributed by atoms with E-state index in [1.54, 1.807) is 37.3 Å². The van der Waals surface area contributed by atoms with E-state index in [-0.39, 0.29) is 11.3 Å². The predicted molar refractivity (Wildman–Crippen MR) is 117 cm³/mol. The van der Waals surface area contributed by atoms with Gasteiger partial charge < -0.3 is 19.3 Å². The summed E-state index contributed by atoms with van der Waals surface area (Å²) in [6.45, 7) is 1.72. The minimum Gasteiger partial charge on any atom is -0.504 e. The standard InChI is InChI=1S/C23H20N2O6S/c1-23-17(21(28)30-3)18(13-8-4-5-9-14(13)31-23)25-20(27)16(32-22(25)24-23)11-12-7-6-10-15(29-2)19(12)26/h4-11,17-18,26H,1-3H3/b16-11+/t17-,18+,23+/m1/s1. The average molecular weight is 452 g/mol. The van der Waals surface area contributed by atoms with E-state index in [0.29, 0.717) is 32.0 Å². The second-order valence-electron chi connectivity index (χ2n) is 7.72. The van der Waals surface area contributed by atoms with Crippen LogP contribution in [0.4, 0.5) is 0 Å². The van der Waals surface area contributed by atoms with Gasteiger partial charge in [0.2, 0.25) is 5.72 Å². The third-order valence-corrected chi connectivity index (χ3v) is 6.85. The fourth-order valence-electron chi connectivity index (χ4n) is 4.39. The van der Waals surface area contributed by atoms with E-state index in [1.807, 2.05) is 18.2 Å². The van der Waals surface area contributed by atoms with E-state index in [1.165, 1.54) is 30.1 Å². The number of ether oxygens (including phenoxy) is 3. The number of hydrogen-bond acceptors (Lipinski definition) is 8. The molecule has 1 N–H and O–H groups in total. The third-order valence-electron chi connectivity index (χ3n) is 5.87. The molecule has 0 saturated carbocycles. The molecule has 0 fully saturated rings. The number of aromatic nitrogens is 1. The largest absolute Gasteiger partial charge is 0.504 e. The summed E-state index contributed by atoms with van der Waals surface area (Å²) in [5, 5.41) is 10.4. The number of fused-ring (bicyclic) bond motifs is 6. The van der Waals surface area contributed by atoms with Gasteiger partial charge in [-0.3, -0.25) is 14.2 Å². The molecule has 0 amide bonds. The summed E-state index contributed by atoms with van der Waals surface area (Å²) in [5.41, 5.74) is -0.379. The molecule has 0 radical (unpaired) electrons. The van der Waals surface area contributed by atoms with Crippen molar-refractivity contribution in [2.45, 2.75) is 18.7 Å². The van der Waals surface area contributed by atoms with E-state index < -0.39 is 23.7 Å². The number of hydrogen-bond donors (Lipinski definition) is 1. The first-order valence-corrected chi connectivity index (χ1v) is 10.7. The minimum atomic E-state index is -1.22. The Morgan fingerprint density at radius 3 is 2.78 bits per heavy atom. The van der Waals surface area contributed by atoms with E-state index in [2.05, 4.69) is 4.99 Å². The van der Waals surface area contributed by atoms with E-state index >= 15 is 0 Å². The van der Waals surface area contributed by atoms with Crippen LogP contribution in [0.3, 0.4) is 0 Å². The lowest BCUT2D eigenvalue weighted by molar-refractivity contribution is -0.158. The summed E-state index contributed by atoms with van der Waals surface area (Å²) < 4.78 is 18.3. The minimum absolute atomic E-state index is 0.0606. The van der Waals surface area contributed by atoms with E-state index in [9.17, 15) is 14.7 Å². The molecule has 2 bridgehead atoms. The zero-order valence-corrected chi connectivity index (χ0v) is 18.4. The smallest absolute Gasteiger partial charge is 0.317 e. The maximum absolute atomic E-state index is 13.5. The molecule has 3 atom stereocenters. The lowest BCUT2D eigenvalue weighted by Gasteiger charge is -2.44. The predicted octanol–water partition coefficient (Wildman–Crippen LogP) is 1.57. The van der Waals surface area contributed by atoms with Gasteiger partial charge in [-0.25, -0.2) is 4.99 Å². The van der Waals surface area contributed by atoms with Crippen LogP contribution in [0.2, 0.25) is 0 Å². The molecule has 2 aliphatic rings. The van der Waals surface area contributed by atoms with Crippen LogP contribution in [0.15, 0.2) is 52.3 Å². The van der Waals surface area contributed by atoms with Gasteiger partial charge in [-0.1, -0.05) is 41.7 Å². The molecular weight excluding hydrogens is 432 g/mol. The number of para-hydroxylation sites is 2. The number of methoxy groups -OCH3 is 2. The highest BCUT2D eigenvalue weighted by Gasteiger charge is 2.55. The van der Waals surface area contributed by atoms with Gasteiger partial charge in [0.05, 0.1) is 24.8 Å². The zero-order chi connectivity index (χ0) is 22.6. The molecule has 32 heavy (non-hydrogen) atoms. The lowest BCUT2D eigenvalue weighted by atomic mass is 9.81. The van der Waals surface area contributed by atoms with Crippen molar-refractivity contribution >= 4 is 23.4 Å². The van der Waals surface area contributed by atoms with Crippen molar-refractivity contribution in [2.75, 3.05) is 14.2 Å². The summed E-state index contributed by atoms with van der Waals surface area (Å²) in [4.78, 5) is 31.4. The summed E-state index contributed by atoms with van der Waals surface area (Å²) in [6, 6.07) is 11.7. The Kier molecular flexibility index (Phi) is 4.59. The normalized spacial score (nSPS) is 23.4. The molecule has 0 saturated heterocycles. The molecule has 8 nitrogen and oxygen atoms in total. The van der Waals surface area contributed by atoms with Crippen LogP contribution in [-0.2, 0) is 9.53 Å². The Hall–Kier alpha value is -3.59. The monoisotopic (exact) mass is 452 g/mol. The molecule has 3 aromatic rings. The third kappa shape index (κ3) is 2.85. The summed E-state index contributed by atoms with van der Waals surface area (Å²) in [6.07, 6.45) is 1.60. The van der Waals surface area contributed by atoms with Gasteiger partial charge in [-0.15, -0.1) is 0 Å². The summed E-state index contributed by atoms with van der Waals surface area (Å²) >= 11 is 1.17. The maximum Gasteiger partial charge on any atom is 0.317 e. The highest BCUT2D eigenvalue weighted by molar-refractivity contribution is 7.07. The number of aromatic hydroxyl groups is 1. The zero-order valence-electron chi connectivity index (χ0n) is 17.6. The highest BCUT2D eigenvalue weighted by atomic mass is 32.1. The molecule has 3 heterocycles. The van der Waals surface area contributed by atoms with Gasteiger partial charge in [0.1, 0.15) is 11.7 Å². The lowest BCUT2D eigenvalue weighted by Crippen LogP contribution is -2.58. The first-order chi connectivity index (χ1) is 15.4. The van der Waals surface area contributed by atoms with Crippen LogP contribution in [0.5, 0.6) is 17.2 Å². The van der Waals surface area contributed by atoms with Gasteiger partial charge in [-0.2, -0.15) is 0 Å². The Labute approximate surface area is 186 Å². The number of nitrogens with zero attached hydrogens (tertiary/aromatic N) is 2. The second-order valence-corrected chi connectivity index (χ2v) is 8.73. The number of esters is 1. The van der Waals surface area contributed by atoms with Crippen molar-refractivity contribution < 1.29 is 24.1 Å². The molecule has 0 spiro atoms. The fraction of sp³-hybridized carbons (Fsp3) is 0.261. The summed E-state index contributed by atoms with van der Waals surface area (Å²) in [5.74, 6) is -0.518. The number of thiazole rings is 1. The van der Waals surface area contributed by atoms with Crippen molar-refractivity contribution in [3.63, 3.8) is 0 Å². The SMILES string of the molecule is COC(=O)[C@H]1[C@@H]2c3ccccc3O[C@]1(C)N=c1s/c(=C/c3cccc(OC)c3O)c(=O)n12. The number of rotatable bonds is 3. The molecule has 2 aliphatic heterocycles. The number of phenols is 1. The van der Waals surface area contributed by atoms with Crippen molar-refractivity contribution in [3.8, 4) is 17.2 Å². The van der Waals surface area contributed by atoms with Crippen molar-refractivity contribution in [2.24, 2.45) is 10.9 Å². The van der Waals surface area contributed by atoms with Gasteiger partial charge in [0.15, 0.2) is 16.3 Å². The van der Waals surface area contributed by atoms with Crippen LogP contribution in [0, 0.1) is 5.92 Å². The maximum atomic E-state index is 13.5.